The van der Waals surface area contributed by atoms with Gasteiger partial charge in [-0.15, -0.1) is 0 Å². The Hall–Kier alpha value is -1.79. The van der Waals surface area contributed by atoms with Gasteiger partial charge in [0.1, 0.15) is 0 Å². The molecule has 0 radical (unpaired) electrons. The van der Waals surface area contributed by atoms with Crippen LogP contribution in [0.25, 0.3) is 0 Å². The summed E-state index contributed by atoms with van der Waals surface area (Å²) in [4.78, 5) is 15.4. The van der Waals surface area contributed by atoms with E-state index >= 15 is 0 Å². The number of hydrogen-bond acceptors (Lipinski definition) is 5. The summed E-state index contributed by atoms with van der Waals surface area (Å²) in [5.74, 6) is -0.0815. The van der Waals surface area contributed by atoms with Gasteiger partial charge in [-0.05, 0) is 18.2 Å². The molecule has 0 heterocycles. The third-order valence-corrected chi connectivity index (χ3v) is 2.96. The summed E-state index contributed by atoms with van der Waals surface area (Å²) in [5.41, 5.74) is 7.86. The SMILES string of the molecule is COCCN(CCO)c1cc(C(=O)N(C)C)ccc1N. The molecule has 0 aromatic heterocycles. The molecule has 6 heteroatoms. The average Bonchev–Trinajstić information content (AvgIpc) is 2.43. The Morgan fingerprint density at radius 3 is 2.60 bits per heavy atom. The monoisotopic (exact) mass is 281 g/mol. The third-order valence-electron chi connectivity index (χ3n) is 2.96. The van der Waals surface area contributed by atoms with Crippen LogP contribution in [0.15, 0.2) is 18.2 Å². The van der Waals surface area contributed by atoms with Crippen molar-refractivity contribution in [3.63, 3.8) is 0 Å². The number of aliphatic hydroxyl groups is 1. The molecule has 0 saturated heterocycles. The van der Waals surface area contributed by atoms with Crippen molar-refractivity contribution in [3.05, 3.63) is 23.8 Å². The zero-order valence-electron chi connectivity index (χ0n) is 12.3. The first kappa shape index (κ1) is 16.3. The lowest BCUT2D eigenvalue weighted by Gasteiger charge is -2.25. The molecule has 20 heavy (non-hydrogen) atoms. The zero-order valence-corrected chi connectivity index (χ0v) is 12.3. The van der Waals surface area contributed by atoms with E-state index in [1.807, 2.05) is 4.90 Å². The van der Waals surface area contributed by atoms with Crippen LogP contribution in [0.1, 0.15) is 10.4 Å². The third kappa shape index (κ3) is 4.11. The molecule has 1 amide bonds. The van der Waals surface area contributed by atoms with Crippen molar-refractivity contribution in [1.82, 2.24) is 4.90 Å². The number of rotatable bonds is 7. The number of ether oxygens (including phenoxy) is 1. The first-order valence-corrected chi connectivity index (χ1v) is 6.47. The number of nitrogens with two attached hydrogens (primary N) is 1. The van der Waals surface area contributed by atoms with E-state index in [-0.39, 0.29) is 12.5 Å². The van der Waals surface area contributed by atoms with Gasteiger partial charge < -0.3 is 25.4 Å². The number of carbonyl (C=O) groups excluding carboxylic acids is 1. The number of hydrogen-bond donors (Lipinski definition) is 2. The number of nitrogens with zero attached hydrogens (tertiary/aromatic N) is 2. The van der Waals surface area contributed by atoms with Crippen molar-refractivity contribution >= 4 is 17.3 Å². The van der Waals surface area contributed by atoms with Crippen LogP contribution in [0.4, 0.5) is 11.4 Å². The van der Waals surface area contributed by atoms with Gasteiger partial charge in [-0.3, -0.25) is 4.79 Å². The maximum atomic E-state index is 12.0. The molecule has 0 aliphatic carbocycles. The van der Waals surface area contributed by atoms with Crippen LogP contribution < -0.4 is 10.6 Å². The Kier molecular flexibility index (Phi) is 6.27. The maximum Gasteiger partial charge on any atom is 0.253 e. The molecule has 0 atom stereocenters. The van der Waals surface area contributed by atoms with E-state index in [1.54, 1.807) is 39.4 Å². The first-order valence-electron chi connectivity index (χ1n) is 6.47. The molecule has 0 aliphatic heterocycles. The molecule has 0 bridgehead atoms. The summed E-state index contributed by atoms with van der Waals surface area (Å²) in [7, 11) is 5.02. The highest BCUT2D eigenvalue weighted by molar-refractivity contribution is 5.96. The van der Waals surface area contributed by atoms with Crippen molar-refractivity contribution in [2.24, 2.45) is 0 Å². The molecule has 1 aromatic carbocycles. The van der Waals surface area contributed by atoms with Gasteiger partial charge in [0.05, 0.1) is 24.6 Å². The van der Waals surface area contributed by atoms with Crippen LogP contribution in [0.5, 0.6) is 0 Å². The molecular formula is C14H23N3O3. The molecule has 3 N–H and O–H groups in total. The Morgan fingerprint density at radius 1 is 1.35 bits per heavy atom. The lowest BCUT2D eigenvalue weighted by molar-refractivity contribution is 0.0827. The molecular weight excluding hydrogens is 258 g/mol. The van der Waals surface area contributed by atoms with E-state index in [4.69, 9.17) is 15.6 Å². The predicted octanol–water partition coefficient (Wildman–Crippen LogP) is 0.416. The molecule has 1 aromatic rings. The van der Waals surface area contributed by atoms with Gasteiger partial charge in [0.2, 0.25) is 0 Å². The van der Waals surface area contributed by atoms with Gasteiger partial charge in [-0.25, -0.2) is 0 Å². The van der Waals surface area contributed by atoms with Crippen LogP contribution in [0, 0.1) is 0 Å². The highest BCUT2D eigenvalue weighted by Gasteiger charge is 2.14. The van der Waals surface area contributed by atoms with Gasteiger partial charge in [-0.1, -0.05) is 0 Å². The largest absolute Gasteiger partial charge is 0.397 e. The average molecular weight is 281 g/mol. The Labute approximate surface area is 119 Å². The van der Waals surface area contributed by atoms with Crippen molar-refractivity contribution in [3.8, 4) is 0 Å². The number of anilines is 2. The van der Waals surface area contributed by atoms with Gasteiger partial charge in [-0.2, -0.15) is 0 Å². The van der Waals surface area contributed by atoms with Gasteiger partial charge in [0, 0.05) is 39.9 Å². The minimum atomic E-state index is -0.0815. The molecule has 0 aliphatic rings. The molecule has 0 spiro atoms. The molecule has 112 valence electrons. The second kappa shape index (κ2) is 7.72. The summed E-state index contributed by atoms with van der Waals surface area (Å²) < 4.78 is 5.06. The first-order chi connectivity index (χ1) is 9.51. The molecule has 6 nitrogen and oxygen atoms in total. The number of benzene rings is 1. The smallest absolute Gasteiger partial charge is 0.253 e. The number of methoxy groups -OCH3 is 1. The van der Waals surface area contributed by atoms with E-state index in [0.29, 0.717) is 30.9 Å². The van der Waals surface area contributed by atoms with Crippen LogP contribution in [0.2, 0.25) is 0 Å². The van der Waals surface area contributed by atoms with Crippen LogP contribution in [-0.4, -0.2) is 63.4 Å². The highest BCUT2D eigenvalue weighted by Crippen LogP contribution is 2.25. The fraction of sp³-hybridized carbons (Fsp3) is 0.500. The predicted molar refractivity (Wildman–Crippen MR) is 80.0 cm³/mol. The second-order valence-corrected chi connectivity index (χ2v) is 4.68. The van der Waals surface area contributed by atoms with E-state index in [9.17, 15) is 4.79 Å². The molecule has 0 saturated carbocycles. The quantitative estimate of drug-likeness (QED) is 0.708. The number of aliphatic hydroxyl groups excluding tert-OH is 1. The fourth-order valence-corrected chi connectivity index (χ4v) is 1.88. The Bertz CT molecular complexity index is 449. The summed E-state index contributed by atoms with van der Waals surface area (Å²) in [6, 6.07) is 5.17. The lowest BCUT2D eigenvalue weighted by Crippen LogP contribution is -2.31. The molecule has 0 fully saturated rings. The topological polar surface area (TPSA) is 79.0 Å². The Morgan fingerprint density at radius 2 is 2.05 bits per heavy atom. The van der Waals surface area contributed by atoms with Gasteiger partial charge >= 0.3 is 0 Å². The van der Waals surface area contributed by atoms with Crippen molar-refractivity contribution in [2.45, 2.75) is 0 Å². The summed E-state index contributed by atoms with van der Waals surface area (Å²) in [6.07, 6.45) is 0. The van der Waals surface area contributed by atoms with Crippen molar-refractivity contribution in [1.29, 1.82) is 0 Å². The highest BCUT2D eigenvalue weighted by atomic mass is 16.5. The zero-order chi connectivity index (χ0) is 15.1. The van der Waals surface area contributed by atoms with Gasteiger partial charge in [0.25, 0.3) is 5.91 Å². The van der Waals surface area contributed by atoms with Crippen LogP contribution in [-0.2, 0) is 4.74 Å². The minimum Gasteiger partial charge on any atom is -0.397 e. The maximum absolute atomic E-state index is 12.0. The summed E-state index contributed by atoms with van der Waals surface area (Å²) in [5, 5.41) is 9.16. The van der Waals surface area contributed by atoms with E-state index in [0.717, 1.165) is 5.69 Å². The van der Waals surface area contributed by atoms with E-state index in [2.05, 4.69) is 0 Å². The fourth-order valence-electron chi connectivity index (χ4n) is 1.88. The number of carbonyl (C=O) groups is 1. The number of nitrogen functional groups attached to an aromatic ring is 1. The van der Waals surface area contributed by atoms with Gasteiger partial charge in [0.15, 0.2) is 0 Å². The second-order valence-electron chi connectivity index (χ2n) is 4.68. The summed E-state index contributed by atoms with van der Waals surface area (Å²) >= 11 is 0. The van der Waals surface area contributed by atoms with Crippen LogP contribution >= 0.6 is 0 Å². The number of amides is 1. The minimum absolute atomic E-state index is 0.00894. The standard InChI is InChI=1S/C14H23N3O3/c1-16(2)14(19)11-4-5-12(15)13(10-11)17(6-8-18)7-9-20-3/h4-5,10,18H,6-9,15H2,1-3H3. The van der Waals surface area contributed by atoms with Crippen molar-refractivity contribution < 1.29 is 14.6 Å². The Balaban J connectivity index is 3.06. The lowest BCUT2D eigenvalue weighted by atomic mass is 10.1. The summed E-state index contributed by atoms with van der Waals surface area (Å²) in [6.45, 7) is 1.56. The molecule has 1 rings (SSSR count). The van der Waals surface area contributed by atoms with E-state index < -0.39 is 0 Å². The normalized spacial score (nSPS) is 10.4. The van der Waals surface area contributed by atoms with Crippen molar-refractivity contribution in [2.75, 3.05) is 58.1 Å². The van der Waals surface area contributed by atoms with E-state index in [1.165, 1.54) is 4.90 Å². The molecule has 0 unspecified atom stereocenters. The van der Waals surface area contributed by atoms with Crippen LogP contribution in [0.3, 0.4) is 0 Å².